The van der Waals surface area contributed by atoms with Crippen LogP contribution in [0.15, 0.2) is 0 Å². The van der Waals surface area contributed by atoms with Gasteiger partial charge in [-0.25, -0.2) is 0 Å². The van der Waals surface area contributed by atoms with Crippen LogP contribution >= 0.6 is 0 Å². The van der Waals surface area contributed by atoms with Gasteiger partial charge in [0.2, 0.25) is 0 Å². The van der Waals surface area contributed by atoms with Crippen molar-refractivity contribution in [2.24, 2.45) is 0 Å². The van der Waals surface area contributed by atoms with Gasteiger partial charge in [-0.1, -0.05) is 38.5 Å². The third-order valence-electron chi connectivity index (χ3n) is 5.49. The molecule has 0 amide bonds. The first-order valence-corrected chi connectivity index (χ1v) is 8.05. The van der Waals surface area contributed by atoms with E-state index in [0.717, 1.165) is 18.1 Å². The van der Waals surface area contributed by atoms with Crippen molar-refractivity contribution >= 4 is 6.92 Å². The first-order chi connectivity index (χ1) is 8.86. The summed E-state index contributed by atoms with van der Waals surface area (Å²) in [6.07, 6.45) is 14.4. The van der Waals surface area contributed by atoms with Crippen molar-refractivity contribution < 1.29 is 9.39 Å². The van der Waals surface area contributed by atoms with Crippen LogP contribution in [0, 0.1) is 0 Å². The Hall–Kier alpha value is -0.0151. The maximum atomic E-state index is 6.55. The molecular formula is C15H27BO2. The van der Waals surface area contributed by atoms with Crippen LogP contribution in [0.3, 0.4) is 0 Å². The van der Waals surface area contributed by atoms with Crippen LogP contribution < -0.4 is 0 Å². The Kier molecular flexibility index (Phi) is 4.30. The van der Waals surface area contributed by atoms with E-state index in [1.165, 1.54) is 57.8 Å². The quantitative estimate of drug-likeness (QED) is 0.703. The second kappa shape index (κ2) is 5.96. The number of ether oxygens (including phenoxy) is 1. The van der Waals surface area contributed by atoms with E-state index in [2.05, 4.69) is 0 Å². The van der Waals surface area contributed by atoms with Crippen LogP contribution in [0.2, 0.25) is 11.6 Å². The molecule has 2 unspecified atom stereocenters. The number of hydrogen-bond acceptors (Lipinski definition) is 2. The second-order valence-corrected chi connectivity index (χ2v) is 6.63. The molecule has 2 saturated heterocycles. The highest BCUT2D eigenvalue weighted by atomic mass is 16.5. The lowest BCUT2D eigenvalue weighted by Crippen LogP contribution is -2.42. The molecule has 0 aromatic rings. The van der Waals surface area contributed by atoms with E-state index in [0.29, 0.717) is 19.1 Å². The highest BCUT2D eigenvalue weighted by Gasteiger charge is 2.42. The number of rotatable bonds is 3. The fourth-order valence-corrected chi connectivity index (χ4v) is 4.50. The van der Waals surface area contributed by atoms with Crippen molar-refractivity contribution in [2.75, 3.05) is 7.11 Å². The predicted molar refractivity (Wildman–Crippen MR) is 75.1 cm³/mol. The first-order valence-electron chi connectivity index (χ1n) is 8.05. The van der Waals surface area contributed by atoms with Gasteiger partial charge in [0.1, 0.15) is 0 Å². The van der Waals surface area contributed by atoms with Gasteiger partial charge in [0, 0.05) is 13.2 Å². The average Bonchev–Trinajstić information content (AvgIpc) is 2.39. The molecule has 102 valence electrons. The van der Waals surface area contributed by atoms with Crippen molar-refractivity contribution in [2.45, 2.75) is 88.1 Å². The fourth-order valence-electron chi connectivity index (χ4n) is 4.50. The summed E-state index contributed by atoms with van der Waals surface area (Å²) in [6, 6.07) is 0. The SMILES string of the molecule is COC1CCCC(OB2C3CCCC2CCC3)C1. The average molecular weight is 250 g/mol. The zero-order valence-electron chi connectivity index (χ0n) is 11.8. The van der Waals surface area contributed by atoms with Gasteiger partial charge in [-0.3, -0.25) is 0 Å². The zero-order valence-corrected chi connectivity index (χ0v) is 11.8. The van der Waals surface area contributed by atoms with Gasteiger partial charge < -0.3 is 9.39 Å². The Bertz CT molecular complexity index is 249. The molecule has 1 aliphatic carbocycles. The Morgan fingerprint density at radius 1 is 0.778 bits per heavy atom. The van der Waals surface area contributed by atoms with E-state index in [1.807, 2.05) is 7.11 Å². The lowest BCUT2D eigenvalue weighted by Gasteiger charge is -2.42. The number of methoxy groups -OCH3 is 1. The van der Waals surface area contributed by atoms with Crippen LogP contribution in [0.5, 0.6) is 0 Å². The van der Waals surface area contributed by atoms with E-state index >= 15 is 0 Å². The minimum Gasteiger partial charge on any atom is -0.433 e. The van der Waals surface area contributed by atoms with E-state index in [4.69, 9.17) is 9.39 Å². The highest BCUT2D eigenvalue weighted by Crippen LogP contribution is 2.47. The summed E-state index contributed by atoms with van der Waals surface area (Å²) in [5.74, 6) is 1.75. The number of hydrogen-bond donors (Lipinski definition) is 0. The van der Waals surface area contributed by atoms with Crippen LogP contribution in [0.1, 0.15) is 64.2 Å². The van der Waals surface area contributed by atoms with Crippen molar-refractivity contribution in [3.05, 3.63) is 0 Å². The maximum Gasteiger partial charge on any atom is 0.299 e. The summed E-state index contributed by atoms with van der Waals surface area (Å²) < 4.78 is 12.1. The first kappa shape index (κ1) is 13.0. The summed E-state index contributed by atoms with van der Waals surface area (Å²) in [5.41, 5.74) is 0. The van der Waals surface area contributed by atoms with Gasteiger partial charge >= 0.3 is 0 Å². The second-order valence-electron chi connectivity index (χ2n) is 6.63. The Morgan fingerprint density at radius 2 is 1.33 bits per heavy atom. The van der Waals surface area contributed by atoms with E-state index in [1.54, 1.807) is 0 Å². The van der Waals surface area contributed by atoms with Crippen molar-refractivity contribution in [1.29, 1.82) is 0 Å². The van der Waals surface area contributed by atoms with Gasteiger partial charge in [-0.15, -0.1) is 0 Å². The molecule has 0 aromatic carbocycles. The van der Waals surface area contributed by atoms with E-state index in [-0.39, 0.29) is 0 Å². The molecule has 3 aliphatic rings. The van der Waals surface area contributed by atoms with Gasteiger partial charge in [0.15, 0.2) is 0 Å². The summed E-state index contributed by atoms with van der Waals surface area (Å²) in [7, 11) is 1.85. The third-order valence-corrected chi connectivity index (χ3v) is 5.49. The molecule has 0 spiro atoms. The molecule has 2 nitrogen and oxygen atoms in total. The molecule has 3 fully saturated rings. The maximum absolute atomic E-state index is 6.55. The molecule has 2 bridgehead atoms. The smallest absolute Gasteiger partial charge is 0.299 e. The summed E-state index contributed by atoms with van der Waals surface area (Å²) in [6.45, 7) is 0.591. The van der Waals surface area contributed by atoms with Crippen molar-refractivity contribution in [3.8, 4) is 0 Å². The van der Waals surface area contributed by atoms with Crippen LogP contribution in [-0.2, 0) is 9.39 Å². The summed E-state index contributed by atoms with van der Waals surface area (Å²) >= 11 is 0. The molecule has 1 saturated carbocycles. The normalized spacial score (nSPS) is 40.8. The highest BCUT2D eigenvalue weighted by molar-refractivity contribution is 6.56. The molecule has 2 aliphatic heterocycles. The molecule has 3 heteroatoms. The molecule has 3 rings (SSSR count). The van der Waals surface area contributed by atoms with Crippen molar-refractivity contribution in [1.82, 2.24) is 0 Å². The fraction of sp³-hybridized carbons (Fsp3) is 1.00. The molecule has 0 aromatic heterocycles. The van der Waals surface area contributed by atoms with E-state index in [9.17, 15) is 0 Å². The third kappa shape index (κ3) is 2.77. The lowest BCUT2D eigenvalue weighted by atomic mass is 9.38. The zero-order chi connectivity index (χ0) is 12.4. The van der Waals surface area contributed by atoms with Crippen LogP contribution in [0.4, 0.5) is 0 Å². The molecule has 2 heterocycles. The van der Waals surface area contributed by atoms with Gasteiger partial charge in [-0.2, -0.15) is 0 Å². The standard InChI is InChI=1S/C15H27BO2/c1-17-14-9-4-10-15(11-14)18-16-12-5-2-6-13(16)8-3-7-12/h12-15H,2-11H2,1H3. The van der Waals surface area contributed by atoms with Gasteiger partial charge in [-0.05, 0) is 37.3 Å². The molecule has 0 radical (unpaired) electrons. The van der Waals surface area contributed by atoms with E-state index < -0.39 is 0 Å². The lowest BCUT2D eigenvalue weighted by molar-refractivity contribution is 0.0167. The Labute approximate surface area is 112 Å². The Morgan fingerprint density at radius 3 is 1.94 bits per heavy atom. The largest absolute Gasteiger partial charge is 0.433 e. The molecule has 0 N–H and O–H groups in total. The van der Waals surface area contributed by atoms with Crippen molar-refractivity contribution in [3.63, 3.8) is 0 Å². The molecule has 2 atom stereocenters. The summed E-state index contributed by atoms with van der Waals surface area (Å²) in [4.78, 5) is 0. The summed E-state index contributed by atoms with van der Waals surface area (Å²) in [5, 5.41) is 0. The van der Waals surface area contributed by atoms with Crippen LogP contribution in [-0.4, -0.2) is 26.2 Å². The number of fused-ring (bicyclic) bond motifs is 2. The monoisotopic (exact) mass is 250 g/mol. The topological polar surface area (TPSA) is 18.5 Å². The van der Waals surface area contributed by atoms with Gasteiger partial charge in [0.05, 0.1) is 6.10 Å². The predicted octanol–water partition coefficient (Wildman–Crippen LogP) is 4.06. The molecular weight excluding hydrogens is 223 g/mol. The minimum atomic E-state index is 0.451. The molecule has 18 heavy (non-hydrogen) atoms. The Balaban J connectivity index is 1.57. The minimum absolute atomic E-state index is 0.451. The van der Waals surface area contributed by atoms with Gasteiger partial charge in [0.25, 0.3) is 6.92 Å². The van der Waals surface area contributed by atoms with Crippen LogP contribution in [0.25, 0.3) is 0 Å².